The molecule has 0 aliphatic carbocycles. The minimum absolute atomic E-state index is 0.00618. The summed E-state index contributed by atoms with van der Waals surface area (Å²) < 4.78 is 0. The predicted molar refractivity (Wildman–Crippen MR) is 83.1 cm³/mol. The van der Waals surface area contributed by atoms with Crippen molar-refractivity contribution in [1.29, 1.82) is 0 Å². The fraction of sp³-hybridized carbons (Fsp3) is 0.529. The Kier molecular flexibility index (Phi) is 5.78. The lowest BCUT2D eigenvalue weighted by Crippen LogP contribution is -2.45. The molecule has 1 aliphatic rings. The maximum Gasteiger partial charge on any atom is 0.317 e. The van der Waals surface area contributed by atoms with Crippen LogP contribution in [0.4, 0.5) is 4.79 Å². The number of hydrogen-bond acceptors (Lipinski definition) is 2. The number of urea groups is 1. The maximum absolute atomic E-state index is 12.1. The van der Waals surface area contributed by atoms with Crippen molar-refractivity contribution in [2.24, 2.45) is 5.92 Å². The van der Waals surface area contributed by atoms with Crippen LogP contribution in [0.2, 0.25) is 0 Å². The molecule has 0 aromatic heterocycles. The van der Waals surface area contributed by atoms with Crippen molar-refractivity contribution in [2.45, 2.75) is 32.6 Å². The highest BCUT2D eigenvalue weighted by Gasteiger charge is 2.25. The number of likely N-dealkylation sites (tertiary alicyclic amines) is 1. The third-order valence-electron chi connectivity index (χ3n) is 4.12. The number of piperidine rings is 1. The van der Waals surface area contributed by atoms with Crippen molar-refractivity contribution < 1.29 is 9.59 Å². The monoisotopic (exact) mass is 288 g/mol. The number of carbonyl (C=O) groups is 2. The fourth-order valence-electron chi connectivity index (χ4n) is 2.76. The highest BCUT2D eigenvalue weighted by molar-refractivity contribution is 5.81. The van der Waals surface area contributed by atoms with Crippen LogP contribution in [0.15, 0.2) is 30.3 Å². The maximum atomic E-state index is 12.1. The van der Waals surface area contributed by atoms with E-state index in [1.807, 2.05) is 30.0 Å². The summed E-state index contributed by atoms with van der Waals surface area (Å²) in [6.07, 6.45) is 3.06. The first-order chi connectivity index (χ1) is 10.2. The SMILES string of the molecule is CCC(=O)C1CCN(C(=O)NCCc2ccccc2)CC1. The van der Waals surface area contributed by atoms with Gasteiger partial charge in [-0.05, 0) is 24.8 Å². The van der Waals surface area contributed by atoms with Crippen LogP contribution in [-0.4, -0.2) is 36.3 Å². The van der Waals surface area contributed by atoms with Crippen molar-refractivity contribution in [3.8, 4) is 0 Å². The molecule has 1 aromatic carbocycles. The molecule has 0 spiro atoms. The summed E-state index contributed by atoms with van der Waals surface area (Å²) >= 11 is 0. The van der Waals surface area contributed by atoms with Crippen LogP contribution in [0.3, 0.4) is 0 Å². The van der Waals surface area contributed by atoms with Crippen LogP contribution in [0.25, 0.3) is 0 Å². The topological polar surface area (TPSA) is 49.4 Å². The summed E-state index contributed by atoms with van der Waals surface area (Å²) in [5.74, 6) is 0.488. The lowest BCUT2D eigenvalue weighted by Gasteiger charge is -2.31. The Morgan fingerprint density at radius 3 is 2.48 bits per heavy atom. The van der Waals surface area contributed by atoms with Crippen LogP contribution in [0, 0.1) is 5.92 Å². The van der Waals surface area contributed by atoms with Gasteiger partial charge in [-0.2, -0.15) is 0 Å². The summed E-state index contributed by atoms with van der Waals surface area (Å²) in [4.78, 5) is 25.5. The molecular weight excluding hydrogens is 264 g/mol. The number of ketones is 1. The molecule has 1 N–H and O–H groups in total. The van der Waals surface area contributed by atoms with Crippen molar-refractivity contribution in [2.75, 3.05) is 19.6 Å². The van der Waals surface area contributed by atoms with Gasteiger partial charge in [0.05, 0.1) is 0 Å². The average molecular weight is 288 g/mol. The molecule has 1 saturated heterocycles. The molecule has 0 unspecified atom stereocenters. The van der Waals surface area contributed by atoms with Gasteiger partial charge in [-0.1, -0.05) is 37.3 Å². The van der Waals surface area contributed by atoms with Gasteiger partial charge in [0.25, 0.3) is 0 Å². The molecule has 0 atom stereocenters. The van der Waals surface area contributed by atoms with Crippen molar-refractivity contribution in [3.63, 3.8) is 0 Å². The van der Waals surface area contributed by atoms with E-state index in [9.17, 15) is 9.59 Å². The Morgan fingerprint density at radius 2 is 1.86 bits per heavy atom. The van der Waals surface area contributed by atoms with Crippen LogP contribution < -0.4 is 5.32 Å². The number of nitrogens with zero attached hydrogens (tertiary/aromatic N) is 1. The van der Waals surface area contributed by atoms with Crippen molar-refractivity contribution in [1.82, 2.24) is 10.2 Å². The second-order valence-corrected chi connectivity index (χ2v) is 5.55. The van der Waals surface area contributed by atoms with Gasteiger partial charge < -0.3 is 10.2 Å². The summed E-state index contributed by atoms with van der Waals surface area (Å²) in [5, 5.41) is 2.96. The number of Topliss-reactive ketones (excluding diaryl/α,β-unsaturated/α-hetero) is 1. The van der Waals surface area contributed by atoms with Crippen molar-refractivity contribution >= 4 is 11.8 Å². The second-order valence-electron chi connectivity index (χ2n) is 5.55. The van der Waals surface area contributed by atoms with E-state index in [4.69, 9.17) is 0 Å². The standard InChI is InChI=1S/C17H24N2O2/c1-2-16(20)15-9-12-19(13-10-15)17(21)18-11-8-14-6-4-3-5-7-14/h3-7,15H,2,8-13H2,1H3,(H,18,21). The zero-order valence-electron chi connectivity index (χ0n) is 12.7. The Balaban J connectivity index is 1.69. The Labute approximate surface area is 126 Å². The lowest BCUT2D eigenvalue weighted by atomic mass is 9.91. The number of hydrogen-bond donors (Lipinski definition) is 1. The zero-order valence-corrected chi connectivity index (χ0v) is 12.7. The average Bonchev–Trinajstić information content (AvgIpc) is 2.55. The molecular formula is C17H24N2O2. The lowest BCUT2D eigenvalue weighted by molar-refractivity contribution is -0.123. The van der Waals surface area contributed by atoms with Gasteiger partial charge in [0, 0.05) is 32.0 Å². The minimum atomic E-state index is -0.00618. The number of amides is 2. The molecule has 114 valence electrons. The first-order valence-corrected chi connectivity index (χ1v) is 7.80. The number of rotatable bonds is 5. The van der Waals surface area contributed by atoms with E-state index in [0.29, 0.717) is 31.8 Å². The van der Waals surface area contributed by atoms with E-state index in [2.05, 4.69) is 17.4 Å². The summed E-state index contributed by atoms with van der Waals surface area (Å²) in [5.41, 5.74) is 1.23. The minimum Gasteiger partial charge on any atom is -0.338 e. The van der Waals surface area contributed by atoms with E-state index in [-0.39, 0.29) is 11.9 Å². The number of carbonyl (C=O) groups excluding carboxylic acids is 2. The molecule has 1 heterocycles. The van der Waals surface area contributed by atoms with E-state index in [1.54, 1.807) is 0 Å². The molecule has 0 radical (unpaired) electrons. The Hall–Kier alpha value is -1.84. The summed E-state index contributed by atoms with van der Waals surface area (Å²) in [6, 6.07) is 10.1. The van der Waals surface area contributed by atoms with Crippen LogP contribution in [-0.2, 0) is 11.2 Å². The normalized spacial score (nSPS) is 15.8. The molecule has 2 rings (SSSR count). The molecule has 0 saturated carbocycles. The zero-order chi connectivity index (χ0) is 15.1. The van der Waals surface area contributed by atoms with Gasteiger partial charge in [-0.3, -0.25) is 4.79 Å². The van der Waals surface area contributed by atoms with Gasteiger partial charge in [0.1, 0.15) is 5.78 Å². The van der Waals surface area contributed by atoms with Crippen molar-refractivity contribution in [3.05, 3.63) is 35.9 Å². The quantitative estimate of drug-likeness (QED) is 0.905. The molecule has 0 bridgehead atoms. The molecule has 1 fully saturated rings. The third-order valence-corrected chi connectivity index (χ3v) is 4.12. The highest BCUT2D eigenvalue weighted by Crippen LogP contribution is 2.19. The first kappa shape index (κ1) is 15.5. The smallest absolute Gasteiger partial charge is 0.317 e. The van der Waals surface area contributed by atoms with Gasteiger partial charge in [-0.15, -0.1) is 0 Å². The molecule has 1 aliphatic heterocycles. The molecule has 2 amide bonds. The first-order valence-electron chi connectivity index (χ1n) is 7.80. The van der Waals surface area contributed by atoms with Crippen LogP contribution >= 0.6 is 0 Å². The molecule has 4 heteroatoms. The Morgan fingerprint density at radius 1 is 1.19 bits per heavy atom. The number of nitrogens with one attached hydrogen (secondary N) is 1. The van der Waals surface area contributed by atoms with Gasteiger partial charge >= 0.3 is 6.03 Å². The molecule has 21 heavy (non-hydrogen) atoms. The van der Waals surface area contributed by atoms with Gasteiger partial charge in [0.15, 0.2) is 0 Å². The third kappa shape index (κ3) is 4.59. The fourth-order valence-corrected chi connectivity index (χ4v) is 2.76. The van der Waals surface area contributed by atoms with E-state index < -0.39 is 0 Å². The predicted octanol–water partition coefficient (Wildman–Crippen LogP) is 2.63. The largest absolute Gasteiger partial charge is 0.338 e. The van der Waals surface area contributed by atoms with E-state index in [0.717, 1.165) is 19.3 Å². The van der Waals surface area contributed by atoms with E-state index in [1.165, 1.54) is 5.56 Å². The van der Waals surface area contributed by atoms with Gasteiger partial charge in [0.2, 0.25) is 0 Å². The highest BCUT2D eigenvalue weighted by atomic mass is 16.2. The summed E-state index contributed by atoms with van der Waals surface area (Å²) in [6.45, 7) is 3.93. The Bertz CT molecular complexity index is 465. The van der Waals surface area contributed by atoms with Crippen LogP contribution in [0.5, 0.6) is 0 Å². The number of benzene rings is 1. The van der Waals surface area contributed by atoms with E-state index >= 15 is 0 Å². The molecule has 4 nitrogen and oxygen atoms in total. The summed E-state index contributed by atoms with van der Waals surface area (Å²) in [7, 11) is 0. The van der Waals surface area contributed by atoms with Crippen LogP contribution in [0.1, 0.15) is 31.7 Å². The van der Waals surface area contributed by atoms with Gasteiger partial charge in [-0.25, -0.2) is 4.79 Å². The second kappa shape index (κ2) is 7.81. The molecule has 1 aromatic rings.